The van der Waals surface area contributed by atoms with Crippen LogP contribution in [-0.2, 0) is 54.0 Å². The molecule has 1 amide bonds. The molecule has 1 rings (SSSR count). The summed E-state index contributed by atoms with van der Waals surface area (Å²) in [5.41, 5.74) is 0. The molecule has 3 N–H and O–H groups in total. The van der Waals surface area contributed by atoms with E-state index in [0.717, 1.165) is 13.0 Å². The number of carbonyl (C=O) groups excluding carboxylic acids is 1. The number of aromatic hydroxyl groups is 2. The van der Waals surface area contributed by atoms with Gasteiger partial charge in [0, 0.05) is 38.2 Å². The molecule has 0 aromatic carbocycles. The van der Waals surface area contributed by atoms with Crippen LogP contribution in [0.1, 0.15) is 19.8 Å². The first-order valence-corrected chi connectivity index (χ1v) is 14.7. The van der Waals surface area contributed by atoms with E-state index in [1.165, 1.54) is 16.7 Å². The predicted octanol–water partition coefficient (Wildman–Crippen LogP) is 0.965. The topological polar surface area (TPSA) is 158 Å². The fraction of sp³-hybridized carbons (Fsp3) is 0.821. The minimum Gasteiger partial charge on any atom is -0.494 e. The van der Waals surface area contributed by atoms with Gasteiger partial charge in [-0.05, 0) is 6.42 Å². The van der Waals surface area contributed by atoms with Gasteiger partial charge in [-0.2, -0.15) is 0 Å². The summed E-state index contributed by atoms with van der Waals surface area (Å²) in [6.45, 7) is 11.8. The molecular formula is C28H52N2O12. The maximum Gasteiger partial charge on any atom is 0.221 e. The van der Waals surface area contributed by atoms with Crippen LogP contribution in [0.25, 0.3) is 0 Å². The molecule has 1 heterocycles. The van der Waals surface area contributed by atoms with Crippen LogP contribution in [-0.4, -0.2) is 146 Å². The summed E-state index contributed by atoms with van der Waals surface area (Å²) in [5.74, 6) is -0.356. The van der Waals surface area contributed by atoms with E-state index >= 15 is 0 Å². The number of aromatic nitrogens is 1. The summed E-state index contributed by atoms with van der Waals surface area (Å²) in [5, 5.41) is 21.8. The molecule has 0 unspecified atom stereocenters. The molecule has 1 aromatic rings. The molecule has 1 aromatic heterocycles. The third-order valence-electron chi connectivity index (χ3n) is 5.39. The Labute approximate surface area is 249 Å². The maximum absolute atomic E-state index is 11.8. The summed E-state index contributed by atoms with van der Waals surface area (Å²) in [6.07, 6.45) is 1.15. The lowest BCUT2D eigenvalue weighted by Gasteiger charge is -2.09. The quantitative estimate of drug-likeness (QED) is 0.0997. The Kier molecular flexibility index (Phi) is 26.3. The van der Waals surface area contributed by atoms with E-state index in [0.29, 0.717) is 119 Å². The van der Waals surface area contributed by atoms with Crippen molar-refractivity contribution < 1.29 is 57.6 Å². The van der Waals surface area contributed by atoms with Crippen molar-refractivity contribution in [3.8, 4) is 11.8 Å². The average molecular weight is 609 g/mol. The summed E-state index contributed by atoms with van der Waals surface area (Å²) in [7, 11) is 0. The number of rotatable bonds is 32. The van der Waals surface area contributed by atoms with Gasteiger partial charge >= 0.3 is 0 Å². The van der Waals surface area contributed by atoms with Crippen molar-refractivity contribution in [2.75, 3.05) is 125 Å². The Hall–Kier alpha value is -2.01. The van der Waals surface area contributed by atoms with Crippen LogP contribution < -0.4 is 5.32 Å². The standard InChI is InChI=1S/C28H52N2O12/c1-2-8-34-10-12-36-14-16-38-18-20-40-22-24-42-25-23-41-21-19-39-17-15-37-13-11-35-9-6-29-26(31)5-7-30-27(32)3-4-28(30)33/h3-4,32-33H,2,5-25H2,1H3,(H,29,31). The Balaban J connectivity index is 1.68. The second kappa shape index (κ2) is 29.1. The van der Waals surface area contributed by atoms with Crippen LogP contribution in [0.4, 0.5) is 0 Å². The van der Waals surface area contributed by atoms with Crippen molar-refractivity contribution >= 4 is 5.91 Å². The minimum absolute atomic E-state index is 0.0814. The fourth-order valence-corrected chi connectivity index (χ4v) is 3.25. The summed E-state index contributed by atoms with van der Waals surface area (Å²) >= 11 is 0. The van der Waals surface area contributed by atoms with Crippen LogP contribution in [0.15, 0.2) is 12.1 Å². The van der Waals surface area contributed by atoms with E-state index < -0.39 is 0 Å². The molecule has 0 fully saturated rings. The second-order valence-electron chi connectivity index (χ2n) is 8.81. The van der Waals surface area contributed by atoms with E-state index in [2.05, 4.69) is 12.2 Å². The molecule has 14 heteroatoms. The molecule has 0 atom stereocenters. The van der Waals surface area contributed by atoms with Gasteiger partial charge in [-0.3, -0.25) is 9.36 Å². The van der Waals surface area contributed by atoms with Gasteiger partial charge in [0.05, 0.1) is 112 Å². The Morgan fingerprint density at radius 3 is 1.21 bits per heavy atom. The number of hydrogen-bond acceptors (Lipinski definition) is 12. The van der Waals surface area contributed by atoms with Crippen LogP contribution in [0, 0.1) is 0 Å². The van der Waals surface area contributed by atoms with Crippen LogP contribution in [0.5, 0.6) is 11.8 Å². The molecule has 0 aliphatic carbocycles. The SMILES string of the molecule is CCCOCCOCCOCCOCCOCCOCCOCCOCCOCCNC(=O)CCn1c(O)ccc1O. The lowest BCUT2D eigenvalue weighted by Crippen LogP contribution is -2.28. The van der Waals surface area contributed by atoms with Gasteiger partial charge in [-0.15, -0.1) is 0 Å². The molecule has 42 heavy (non-hydrogen) atoms. The predicted molar refractivity (Wildman–Crippen MR) is 153 cm³/mol. The minimum atomic E-state index is -0.194. The highest BCUT2D eigenvalue weighted by atomic mass is 16.6. The van der Waals surface area contributed by atoms with Gasteiger partial charge in [0.15, 0.2) is 11.8 Å². The molecule has 246 valence electrons. The van der Waals surface area contributed by atoms with E-state index in [1.807, 2.05) is 0 Å². The van der Waals surface area contributed by atoms with Crippen molar-refractivity contribution in [1.82, 2.24) is 9.88 Å². The third-order valence-corrected chi connectivity index (χ3v) is 5.39. The van der Waals surface area contributed by atoms with Crippen LogP contribution in [0.3, 0.4) is 0 Å². The molecule has 0 aliphatic heterocycles. The first-order valence-electron chi connectivity index (χ1n) is 14.7. The Morgan fingerprint density at radius 2 is 0.881 bits per heavy atom. The van der Waals surface area contributed by atoms with Crippen molar-refractivity contribution in [2.24, 2.45) is 0 Å². The average Bonchev–Trinajstić information content (AvgIpc) is 3.31. The molecule has 0 radical (unpaired) electrons. The van der Waals surface area contributed by atoms with Crippen molar-refractivity contribution in [3.05, 3.63) is 12.1 Å². The maximum atomic E-state index is 11.8. The molecule has 0 bridgehead atoms. The molecule has 14 nitrogen and oxygen atoms in total. The van der Waals surface area contributed by atoms with Gasteiger partial charge in [-0.25, -0.2) is 0 Å². The highest BCUT2D eigenvalue weighted by Crippen LogP contribution is 2.20. The molecule has 0 aliphatic rings. The zero-order valence-corrected chi connectivity index (χ0v) is 25.1. The molecule has 0 saturated carbocycles. The van der Waals surface area contributed by atoms with Gasteiger partial charge in [0.1, 0.15) is 0 Å². The summed E-state index contributed by atoms with van der Waals surface area (Å²) in [6, 6.07) is 2.74. The molecule has 0 saturated heterocycles. The van der Waals surface area contributed by atoms with Gasteiger partial charge < -0.3 is 58.2 Å². The van der Waals surface area contributed by atoms with Crippen molar-refractivity contribution in [1.29, 1.82) is 0 Å². The first kappa shape index (κ1) is 38.0. The second-order valence-corrected chi connectivity index (χ2v) is 8.81. The number of nitrogens with zero attached hydrogens (tertiary/aromatic N) is 1. The van der Waals surface area contributed by atoms with E-state index in [4.69, 9.17) is 42.6 Å². The van der Waals surface area contributed by atoms with E-state index in [9.17, 15) is 15.0 Å². The first-order chi connectivity index (χ1) is 20.6. The van der Waals surface area contributed by atoms with E-state index in [-0.39, 0.29) is 30.6 Å². The molecule has 0 spiro atoms. The Bertz CT molecular complexity index is 718. The number of amides is 1. The van der Waals surface area contributed by atoms with Crippen LogP contribution in [0.2, 0.25) is 0 Å². The van der Waals surface area contributed by atoms with Crippen LogP contribution >= 0.6 is 0 Å². The zero-order chi connectivity index (χ0) is 30.4. The third kappa shape index (κ3) is 23.5. The monoisotopic (exact) mass is 608 g/mol. The van der Waals surface area contributed by atoms with E-state index in [1.54, 1.807) is 0 Å². The van der Waals surface area contributed by atoms with Gasteiger partial charge in [0.2, 0.25) is 5.91 Å². The zero-order valence-electron chi connectivity index (χ0n) is 25.1. The number of ether oxygens (including phenoxy) is 9. The van der Waals surface area contributed by atoms with Crippen molar-refractivity contribution in [3.63, 3.8) is 0 Å². The lowest BCUT2D eigenvalue weighted by atomic mass is 10.4. The number of carbonyl (C=O) groups is 1. The Morgan fingerprint density at radius 1 is 0.571 bits per heavy atom. The fourth-order valence-electron chi connectivity index (χ4n) is 3.25. The normalized spacial score (nSPS) is 11.4. The van der Waals surface area contributed by atoms with Crippen molar-refractivity contribution in [2.45, 2.75) is 26.3 Å². The van der Waals surface area contributed by atoms with Gasteiger partial charge in [-0.1, -0.05) is 6.92 Å². The summed E-state index contributed by atoms with van der Waals surface area (Å²) < 4.78 is 50.0. The smallest absolute Gasteiger partial charge is 0.221 e. The molecular weight excluding hydrogens is 556 g/mol. The highest BCUT2D eigenvalue weighted by molar-refractivity contribution is 5.75. The van der Waals surface area contributed by atoms with Gasteiger partial charge in [0.25, 0.3) is 0 Å². The lowest BCUT2D eigenvalue weighted by molar-refractivity contribution is -0.121. The number of hydrogen-bond donors (Lipinski definition) is 3. The largest absolute Gasteiger partial charge is 0.494 e. The highest BCUT2D eigenvalue weighted by Gasteiger charge is 2.08. The summed E-state index contributed by atoms with van der Waals surface area (Å²) in [4.78, 5) is 11.8. The number of nitrogens with one attached hydrogen (secondary N) is 1.